The maximum absolute atomic E-state index is 12.9. The lowest BCUT2D eigenvalue weighted by Crippen LogP contribution is -2.18. The highest BCUT2D eigenvalue weighted by molar-refractivity contribution is 6.04. The fourth-order valence-corrected chi connectivity index (χ4v) is 3.57. The number of carbonyl (C=O) groups is 1. The summed E-state index contributed by atoms with van der Waals surface area (Å²) in [6, 6.07) is 16.9. The van der Waals surface area contributed by atoms with Crippen molar-refractivity contribution < 1.29 is 19.0 Å². The second-order valence-electron chi connectivity index (χ2n) is 7.80. The van der Waals surface area contributed by atoms with E-state index in [1.807, 2.05) is 48.0 Å². The van der Waals surface area contributed by atoms with Crippen LogP contribution < -0.4 is 19.5 Å². The average molecular weight is 436 g/mol. The van der Waals surface area contributed by atoms with Crippen LogP contribution in [-0.4, -0.2) is 35.5 Å². The largest absolute Gasteiger partial charge is 0.490 e. The number of para-hydroxylation sites is 1. The molecule has 0 aliphatic heterocycles. The number of nitrogens with zero attached hydrogens (tertiary/aromatic N) is 2. The van der Waals surface area contributed by atoms with Gasteiger partial charge in [-0.2, -0.15) is 5.10 Å². The molecule has 3 aromatic rings. The van der Waals surface area contributed by atoms with Gasteiger partial charge in [0, 0.05) is 11.6 Å². The van der Waals surface area contributed by atoms with Crippen LogP contribution in [0.5, 0.6) is 17.2 Å². The van der Waals surface area contributed by atoms with Crippen molar-refractivity contribution in [2.24, 2.45) is 5.92 Å². The van der Waals surface area contributed by atoms with Gasteiger partial charge in [0.2, 0.25) is 0 Å². The molecule has 1 N–H and O–H groups in total. The first-order valence-electron chi connectivity index (χ1n) is 11.1. The molecule has 0 bridgehead atoms. The third-order valence-corrected chi connectivity index (χ3v) is 5.46. The summed E-state index contributed by atoms with van der Waals surface area (Å²) in [5, 5.41) is 7.37. The highest BCUT2D eigenvalue weighted by Crippen LogP contribution is 2.40. The van der Waals surface area contributed by atoms with E-state index in [1.165, 1.54) is 12.8 Å². The zero-order chi connectivity index (χ0) is 22.3. The summed E-state index contributed by atoms with van der Waals surface area (Å²) in [6.07, 6.45) is 4.14. The van der Waals surface area contributed by atoms with E-state index in [0.29, 0.717) is 48.6 Å². The molecular weight excluding hydrogens is 406 g/mol. The number of hydrogen-bond donors (Lipinski definition) is 1. The van der Waals surface area contributed by atoms with Crippen LogP contribution in [0.25, 0.3) is 0 Å². The van der Waals surface area contributed by atoms with Crippen molar-refractivity contribution in [1.82, 2.24) is 9.78 Å². The zero-order valence-corrected chi connectivity index (χ0v) is 18.5. The molecule has 0 saturated heterocycles. The van der Waals surface area contributed by atoms with Gasteiger partial charge in [0.25, 0.3) is 5.91 Å². The summed E-state index contributed by atoms with van der Waals surface area (Å²) in [5.74, 6) is 3.02. The fraction of sp³-hybridized carbons (Fsp3) is 0.360. The summed E-state index contributed by atoms with van der Waals surface area (Å²) in [5.41, 5.74) is 0.494. The Hall–Kier alpha value is -3.48. The quantitative estimate of drug-likeness (QED) is 0.431. The number of carbonyl (C=O) groups excluding carboxylic acids is 1. The van der Waals surface area contributed by atoms with Gasteiger partial charge in [-0.25, -0.2) is 4.68 Å². The molecule has 1 unspecified atom stereocenters. The lowest BCUT2D eigenvalue weighted by Gasteiger charge is -2.16. The van der Waals surface area contributed by atoms with Crippen molar-refractivity contribution in [3.05, 3.63) is 66.4 Å². The van der Waals surface area contributed by atoms with Crippen LogP contribution in [0.2, 0.25) is 0 Å². The van der Waals surface area contributed by atoms with Gasteiger partial charge in [-0.1, -0.05) is 18.2 Å². The van der Waals surface area contributed by atoms with Gasteiger partial charge < -0.3 is 19.5 Å². The normalized spacial score (nSPS) is 13.9. The van der Waals surface area contributed by atoms with E-state index < -0.39 is 0 Å². The minimum Gasteiger partial charge on any atom is -0.490 e. The van der Waals surface area contributed by atoms with Crippen LogP contribution in [0.4, 0.5) is 5.82 Å². The third-order valence-electron chi connectivity index (χ3n) is 5.46. The van der Waals surface area contributed by atoms with Gasteiger partial charge in [0.1, 0.15) is 24.8 Å². The molecule has 1 heterocycles. The van der Waals surface area contributed by atoms with Crippen molar-refractivity contribution in [3.8, 4) is 17.2 Å². The SMILES string of the molecule is CCOc1cc(C(=O)Nc2ccnn2C(C)C2CC2)ccc1OCCOc1ccccc1. The Bertz CT molecular complexity index is 1030. The molecule has 0 spiro atoms. The molecule has 4 rings (SSSR count). The number of benzene rings is 2. The molecule has 0 radical (unpaired) electrons. The lowest BCUT2D eigenvalue weighted by molar-refractivity contribution is 0.102. The Morgan fingerprint density at radius 1 is 1.06 bits per heavy atom. The first-order chi connectivity index (χ1) is 15.7. The molecule has 7 nitrogen and oxygen atoms in total. The van der Waals surface area contributed by atoms with Crippen molar-refractivity contribution in [2.75, 3.05) is 25.1 Å². The minimum absolute atomic E-state index is 0.213. The number of amides is 1. The Morgan fingerprint density at radius 2 is 1.84 bits per heavy atom. The Labute approximate surface area is 188 Å². The maximum Gasteiger partial charge on any atom is 0.256 e. The number of aromatic nitrogens is 2. The van der Waals surface area contributed by atoms with E-state index >= 15 is 0 Å². The van der Waals surface area contributed by atoms with E-state index in [2.05, 4.69) is 17.3 Å². The summed E-state index contributed by atoms with van der Waals surface area (Å²) >= 11 is 0. The van der Waals surface area contributed by atoms with Crippen LogP contribution in [0.3, 0.4) is 0 Å². The van der Waals surface area contributed by atoms with E-state index in [-0.39, 0.29) is 11.9 Å². The molecule has 1 fully saturated rings. The number of rotatable bonds is 11. The minimum atomic E-state index is -0.213. The summed E-state index contributed by atoms with van der Waals surface area (Å²) < 4.78 is 19.1. The highest BCUT2D eigenvalue weighted by atomic mass is 16.5. The van der Waals surface area contributed by atoms with E-state index in [4.69, 9.17) is 14.2 Å². The first-order valence-corrected chi connectivity index (χ1v) is 11.1. The number of ether oxygens (including phenoxy) is 3. The third kappa shape index (κ3) is 5.41. The van der Waals surface area contributed by atoms with E-state index in [1.54, 1.807) is 24.4 Å². The first kappa shape index (κ1) is 21.7. The summed E-state index contributed by atoms with van der Waals surface area (Å²) in [7, 11) is 0. The predicted molar refractivity (Wildman–Crippen MR) is 123 cm³/mol. The van der Waals surface area contributed by atoms with Crippen molar-refractivity contribution >= 4 is 11.7 Å². The van der Waals surface area contributed by atoms with Gasteiger partial charge in [-0.05, 0) is 62.9 Å². The average Bonchev–Trinajstić information content (AvgIpc) is 3.57. The Balaban J connectivity index is 1.38. The predicted octanol–water partition coefficient (Wildman–Crippen LogP) is 4.96. The van der Waals surface area contributed by atoms with Crippen molar-refractivity contribution in [3.63, 3.8) is 0 Å². The molecule has 32 heavy (non-hydrogen) atoms. The van der Waals surface area contributed by atoms with Crippen LogP contribution in [0.1, 0.15) is 43.1 Å². The maximum atomic E-state index is 12.9. The number of hydrogen-bond acceptors (Lipinski definition) is 5. The molecule has 1 atom stereocenters. The molecule has 168 valence electrons. The molecular formula is C25H29N3O4. The molecule has 1 amide bonds. The summed E-state index contributed by atoms with van der Waals surface area (Å²) in [4.78, 5) is 12.9. The van der Waals surface area contributed by atoms with Crippen LogP contribution in [0, 0.1) is 5.92 Å². The van der Waals surface area contributed by atoms with Gasteiger partial charge in [0.15, 0.2) is 11.5 Å². The highest BCUT2D eigenvalue weighted by Gasteiger charge is 2.30. The van der Waals surface area contributed by atoms with Crippen molar-refractivity contribution in [1.29, 1.82) is 0 Å². The number of anilines is 1. The molecule has 1 aromatic heterocycles. The second kappa shape index (κ2) is 10.2. The molecule has 1 aliphatic rings. The van der Waals surface area contributed by atoms with Gasteiger partial charge in [-0.3, -0.25) is 4.79 Å². The second-order valence-corrected chi connectivity index (χ2v) is 7.80. The standard InChI is InChI=1S/C25H29N3O4/c1-3-30-23-17-20(11-12-22(23)32-16-15-31-21-7-5-4-6-8-21)25(29)27-24-13-14-26-28(24)18(2)19-9-10-19/h4-8,11-14,17-19H,3,9-10,15-16H2,1-2H3,(H,27,29). The molecule has 7 heteroatoms. The van der Waals surface area contributed by atoms with Gasteiger partial charge >= 0.3 is 0 Å². The number of nitrogens with one attached hydrogen (secondary N) is 1. The fourth-order valence-electron chi connectivity index (χ4n) is 3.57. The molecule has 1 saturated carbocycles. The zero-order valence-electron chi connectivity index (χ0n) is 18.5. The van der Waals surface area contributed by atoms with Gasteiger partial charge in [-0.15, -0.1) is 0 Å². The van der Waals surface area contributed by atoms with Gasteiger partial charge in [0.05, 0.1) is 18.8 Å². The summed E-state index contributed by atoms with van der Waals surface area (Å²) in [6.45, 7) is 5.27. The van der Waals surface area contributed by atoms with Crippen molar-refractivity contribution in [2.45, 2.75) is 32.7 Å². The van der Waals surface area contributed by atoms with Crippen LogP contribution in [-0.2, 0) is 0 Å². The molecule has 1 aliphatic carbocycles. The monoisotopic (exact) mass is 435 g/mol. The smallest absolute Gasteiger partial charge is 0.256 e. The van der Waals surface area contributed by atoms with Crippen LogP contribution in [0.15, 0.2) is 60.8 Å². The lowest BCUT2D eigenvalue weighted by atomic mass is 10.2. The topological polar surface area (TPSA) is 74.6 Å². The Morgan fingerprint density at radius 3 is 2.59 bits per heavy atom. The molecule has 2 aromatic carbocycles. The van der Waals surface area contributed by atoms with Crippen LogP contribution >= 0.6 is 0 Å². The van der Waals surface area contributed by atoms with E-state index in [9.17, 15) is 4.79 Å². The van der Waals surface area contributed by atoms with E-state index in [0.717, 1.165) is 5.75 Å². The Kier molecular flexibility index (Phi) is 6.94.